The van der Waals surface area contributed by atoms with Crippen molar-refractivity contribution in [1.29, 1.82) is 0 Å². The van der Waals surface area contributed by atoms with E-state index in [2.05, 4.69) is 5.32 Å². The van der Waals surface area contributed by atoms with Crippen molar-refractivity contribution in [3.8, 4) is 0 Å². The fourth-order valence-electron chi connectivity index (χ4n) is 1.86. The standard InChI is InChI=1S/C7H11NO.BrH/c9-7-3-5-1-2-6(4-7)8-5;/h5-6,8H,1-4H2;1H. The van der Waals surface area contributed by atoms with Gasteiger partial charge in [-0.25, -0.2) is 0 Å². The Labute approximate surface area is 71.1 Å². The van der Waals surface area contributed by atoms with Gasteiger partial charge in [0, 0.05) is 24.9 Å². The third-order valence-electron chi connectivity index (χ3n) is 2.28. The van der Waals surface area contributed by atoms with E-state index in [-0.39, 0.29) is 17.0 Å². The zero-order valence-electron chi connectivity index (χ0n) is 5.80. The minimum Gasteiger partial charge on any atom is -0.310 e. The van der Waals surface area contributed by atoms with E-state index in [1.54, 1.807) is 0 Å². The maximum Gasteiger partial charge on any atom is 0.136 e. The summed E-state index contributed by atoms with van der Waals surface area (Å²) in [5.41, 5.74) is 0. The SMILES string of the molecule is Br.O=C1CC2CCC(C1)N2. The first-order chi connectivity index (χ1) is 4.34. The Balaban J connectivity index is 0.000000500. The van der Waals surface area contributed by atoms with Crippen LogP contribution in [0.2, 0.25) is 0 Å². The normalized spacial score (nSPS) is 37.4. The molecule has 0 spiro atoms. The Kier molecular flexibility index (Phi) is 2.47. The quantitative estimate of drug-likeness (QED) is 0.641. The number of rotatable bonds is 0. The molecule has 0 aromatic carbocycles. The molecule has 0 radical (unpaired) electrons. The molecule has 2 rings (SSSR count). The van der Waals surface area contributed by atoms with Crippen LogP contribution in [0.3, 0.4) is 0 Å². The van der Waals surface area contributed by atoms with Crippen LogP contribution in [-0.2, 0) is 4.79 Å². The average molecular weight is 206 g/mol. The largest absolute Gasteiger partial charge is 0.310 e. The summed E-state index contributed by atoms with van der Waals surface area (Å²) in [5.74, 6) is 0.459. The van der Waals surface area contributed by atoms with Crippen LogP contribution < -0.4 is 5.32 Å². The van der Waals surface area contributed by atoms with E-state index >= 15 is 0 Å². The lowest BCUT2D eigenvalue weighted by molar-refractivity contribution is -0.120. The predicted octanol–water partition coefficient (Wildman–Crippen LogP) is 1.05. The molecule has 2 aliphatic heterocycles. The molecule has 1 N–H and O–H groups in total. The Morgan fingerprint density at radius 3 is 2.20 bits per heavy atom. The first kappa shape index (κ1) is 8.21. The molecule has 3 heteroatoms. The Bertz CT molecular complexity index is 135. The summed E-state index contributed by atoms with van der Waals surface area (Å²) in [6.07, 6.45) is 4.01. The highest BCUT2D eigenvalue weighted by molar-refractivity contribution is 8.93. The number of Topliss-reactive ketones (excluding diaryl/α,β-unsaturated/α-hetero) is 1. The maximum atomic E-state index is 10.9. The molecular weight excluding hydrogens is 194 g/mol. The van der Waals surface area contributed by atoms with Crippen molar-refractivity contribution < 1.29 is 4.79 Å². The zero-order chi connectivity index (χ0) is 6.27. The molecule has 2 fully saturated rings. The Morgan fingerprint density at radius 1 is 1.20 bits per heavy atom. The van der Waals surface area contributed by atoms with E-state index in [1.807, 2.05) is 0 Å². The van der Waals surface area contributed by atoms with Crippen LogP contribution in [-0.4, -0.2) is 17.9 Å². The number of hydrogen-bond acceptors (Lipinski definition) is 2. The van der Waals surface area contributed by atoms with Crippen molar-refractivity contribution in [2.75, 3.05) is 0 Å². The van der Waals surface area contributed by atoms with Crippen molar-refractivity contribution in [3.05, 3.63) is 0 Å². The second-order valence-corrected chi connectivity index (χ2v) is 3.08. The van der Waals surface area contributed by atoms with Crippen LogP contribution in [0.15, 0.2) is 0 Å². The van der Waals surface area contributed by atoms with Crippen molar-refractivity contribution in [2.45, 2.75) is 37.8 Å². The van der Waals surface area contributed by atoms with E-state index in [9.17, 15) is 4.79 Å². The molecule has 0 aromatic heterocycles. The highest BCUT2D eigenvalue weighted by Crippen LogP contribution is 2.23. The van der Waals surface area contributed by atoms with E-state index in [1.165, 1.54) is 12.8 Å². The first-order valence-electron chi connectivity index (χ1n) is 3.62. The van der Waals surface area contributed by atoms with Gasteiger partial charge in [-0.2, -0.15) is 0 Å². The third-order valence-corrected chi connectivity index (χ3v) is 2.28. The summed E-state index contributed by atoms with van der Waals surface area (Å²) in [5, 5.41) is 3.40. The van der Waals surface area contributed by atoms with Crippen LogP contribution in [0.25, 0.3) is 0 Å². The number of ketones is 1. The summed E-state index contributed by atoms with van der Waals surface area (Å²) in [6.45, 7) is 0. The summed E-state index contributed by atoms with van der Waals surface area (Å²) in [7, 11) is 0. The van der Waals surface area contributed by atoms with E-state index in [0.29, 0.717) is 17.9 Å². The molecule has 2 heterocycles. The van der Waals surface area contributed by atoms with Crippen molar-refractivity contribution >= 4 is 22.8 Å². The van der Waals surface area contributed by atoms with Crippen LogP contribution in [0.5, 0.6) is 0 Å². The van der Waals surface area contributed by atoms with Gasteiger partial charge in [-0.15, -0.1) is 17.0 Å². The molecule has 0 amide bonds. The molecule has 0 saturated carbocycles. The van der Waals surface area contributed by atoms with E-state index in [0.717, 1.165) is 12.8 Å². The molecule has 2 atom stereocenters. The smallest absolute Gasteiger partial charge is 0.136 e. The van der Waals surface area contributed by atoms with Gasteiger partial charge in [0.25, 0.3) is 0 Å². The van der Waals surface area contributed by atoms with Gasteiger partial charge in [-0.3, -0.25) is 4.79 Å². The molecule has 0 aliphatic carbocycles. The van der Waals surface area contributed by atoms with E-state index < -0.39 is 0 Å². The summed E-state index contributed by atoms with van der Waals surface area (Å²) >= 11 is 0. The highest BCUT2D eigenvalue weighted by atomic mass is 79.9. The number of fused-ring (bicyclic) bond motifs is 2. The molecule has 10 heavy (non-hydrogen) atoms. The number of nitrogens with one attached hydrogen (secondary N) is 1. The molecule has 2 nitrogen and oxygen atoms in total. The summed E-state index contributed by atoms with van der Waals surface area (Å²) < 4.78 is 0. The van der Waals surface area contributed by atoms with Crippen molar-refractivity contribution in [3.63, 3.8) is 0 Å². The Hall–Kier alpha value is 0.110. The van der Waals surface area contributed by atoms with Gasteiger partial charge in [-0.05, 0) is 12.8 Å². The lowest BCUT2D eigenvalue weighted by atomic mass is 10.1. The monoisotopic (exact) mass is 205 g/mol. The fourth-order valence-corrected chi connectivity index (χ4v) is 1.86. The lowest BCUT2D eigenvalue weighted by Gasteiger charge is -2.18. The van der Waals surface area contributed by atoms with Gasteiger partial charge in [0.05, 0.1) is 0 Å². The number of carbonyl (C=O) groups excluding carboxylic acids is 1. The van der Waals surface area contributed by atoms with Gasteiger partial charge < -0.3 is 5.32 Å². The molecule has 2 unspecified atom stereocenters. The Morgan fingerprint density at radius 2 is 1.70 bits per heavy atom. The first-order valence-corrected chi connectivity index (χ1v) is 3.62. The fraction of sp³-hybridized carbons (Fsp3) is 0.857. The second kappa shape index (κ2) is 3.01. The van der Waals surface area contributed by atoms with Crippen molar-refractivity contribution in [2.24, 2.45) is 0 Å². The second-order valence-electron chi connectivity index (χ2n) is 3.08. The predicted molar refractivity (Wildman–Crippen MR) is 44.5 cm³/mol. The van der Waals surface area contributed by atoms with Gasteiger partial charge in [0.15, 0.2) is 0 Å². The zero-order valence-corrected chi connectivity index (χ0v) is 7.51. The van der Waals surface area contributed by atoms with E-state index in [4.69, 9.17) is 0 Å². The molecule has 58 valence electrons. The minimum absolute atomic E-state index is 0. The molecule has 2 bridgehead atoms. The van der Waals surface area contributed by atoms with Gasteiger partial charge in [0.2, 0.25) is 0 Å². The van der Waals surface area contributed by atoms with Gasteiger partial charge in [0.1, 0.15) is 5.78 Å². The third kappa shape index (κ3) is 1.40. The van der Waals surface area contributed by atoms with Crippen LogP contribution in [0, 0.1) is 0 Å². The van der Waals surface area contributed by atoms with Gasteiger partial charge in [-0.1, -0.05) is 0 Å². The minimum atomic E-state index is 0. The number of piperidine rings is 1. The van der Waals surface area contributed by atoms with Crippen LogP contribution in [0.4, 0.5) is 0 Å². The van der Waals surface area contributed by atoms with Crippen LogP contribution >= 0.6 is 17.0 Å². The highest BCUT2D eigenvalue weighted by Gasteiger charge is 2.31. The molecular formula is C7H12BrNO. The molecule has 0 aromatic rings. The summed E-state index contributed by atoms with van der Waals surface area (Å²) in [4.78, 5) is 10.9. The molecule has 2 saturated heterocycles. The average Bonchev–Trinajstić information content (AvgIpc) is 2.11. The maximum absolute atomic E-state index is 10.9. The number of hydrogen-bond donors (Lipinski definition) is 1. The number of halogens is 1. The van der Waals surface area contributed by atoms with Crippen molar-refractivity contribution in [1.82, 2.24) is 5.32 Å². The summed E-state index contributed by atoms with van der Waals surface area (Å²) in [6, 6.07) is 1.08. The lowest BCUT2D eigenvalue weighted by Crippen LogP contribution is -2.38. The van der Waals surface area contributed by atoms with Crippen LogP contribution in [0.1, 0.15) is 25.7 Å². The van der Waals surface area contributed by atoms with Gasteiger partial charge >= 0.3 is 0 Å². The number of carbonyl (C=O) groups is 1. The molecule has 2 aliphatic rings. The topological polar surface area (TPSA) is 29.1 Å².